The van der Waals surface area contributed by atoms with Crippen LogP contribution in [0, 0.1) is 0 Å². The van der Waals surface area contributed by atoms with Gasteiger partial charge in [0.1, 0.15) is 0 Å². The van der Waals surface area contributed by atoms with Gasteiger partial charge in [-0.2, -0.15) is 0 Å². The van der Waals surface area contributed by atoms with Crippen LogP contribution in [0.4, 0.5) is 0 Å². The Labute approximate surface area is 98.7 Å². The van der Waals surface area contributed by atoms with E-state index in [2.05, 4.69) is 39.4 Å². The first kappa shape index (κ1) is 14.7. The summed E-state index contributed by atoms with van der Waals surface area (Å²) < 4.78 is 4.57. The summed E-state index contributed by atoms with van der Waals surface area (Å²) in [5.74, 6) is -0.311. The third-order valence-corrected chi connectivity index (χ3v) is 2.57. The van der Waals surface area contributed by atoms with Crippen molar-refractivity contribution in [3.63, 3.8) is 0 Å². The lowest BCUT2D eigenvalue weighted by molar-refractivity contribution is -0.134. The van der Waals surface area contributed by atoms with Crippen molar-refractivity contribution in [1.29, 1.82) is 0 Å². The molecule has 0 amide bonds. The summed E-state index contributed by atoms with van der Waals surface area (Å²) in [5, 5.41) is 0. The van der Waals surface area contributed by atoms with E-state index in [1.54, 1.807) is 0 Å². The van der Waals surface area contributed by atoms with Crippen LogP contribution in [0.2, 0.25) is 0 Å². The maximum Gasteiger partial charge on any atom is 0.330 e. The predicted octanol–water partition coefficient (Wildman–Crippen LogP) is 3.80. The van der Waals surface area contributed by atoms with Gasteiger partial charge in [0, 0.05) is 6.08 Å². The van der Waals surface area contributed by atoms with Crippen LogP contribution in [0.25, 0.3) is 0 Å². The molecule has 2 heteroatoms. The number of carbonyl (C=O) groups is 1. The molecule has 0 spiro atoms. The van der Waals surface area contributed by atoms with Crippen LogP contribution in [0.1, 0.15) is 41.0 Å². The van der Waals surface area contributed by atoms with Gasteiger partial charge in [0.05, 0.1) is 7.11 Å². The number of esters is 1. The highest BCUT2D eigenvalue weighted by molar-refractivity contribution is 5.82. The first-order valence-electron chi connectivity index (χ1n) is 5.43. The van der Waals surface area contributed by atoms with Gasteiger partial charge in [0.2, 0.25) is 0 Å². The lowest BCUT2D eigenvalue weighted by atomic mass is 9.99. The SMILES string of the molecule is COC(=O)/C=C/C(CC(C)=C(C)C)=C(C)C. The highest BCUT2D eigenvalue weighted by Gasteiger charge is 2.00. The molecule has 0 bridgehead atoms. The predicted molar refractivity (Wildman–Crippen MR) is 68.2 cm³/mol. The highest BCUT2D eigenvalue weighted by atomic mass is 16.5. The Morgan fingerprint density at radius 1 is 1.00 bits per heavy atom. The molecule has 0 N–H and O–H groups in total. The Balaban J connectivity index is 4.82. The van der Waals surface area contributed by atoms with Gasteiger partial charge >= 0.3 is 5.97 Å². The number of hydrogen-bond acceptors (Lipinski definition) is 2. The van der Waals surface area contributed by atoms with Gasteiger partial charge in [0.25, 0.3) is 0 Å². The quantitative estimate of drug-likeness (QED) is 0.313. The minimum absolute atomic E-state index is 0.311. The molecular formula is C14H22O2. The molecular weight excluding hydrogens is 200 g/mol. The summed E-state index contributed by atoms with van der Waals surface area (Å²) in [6.45, 7) is 10.4. The summed E-state index contributed by atoms with van der Waals surface area (Å²) in [6, 6.07) is 0. The molecule has 0 saturated carbocycles. The van der Waals surface area contributed by atoms with Crippen LogP contribution in [-0.4, -0.2) is 13.1 Å². The van der Waals surface area contributed by atoms with Crippen molar-refractivity contribution in [3.05, 3.63) is 34.4 Å². The van der Waals surface area contributed by atoms with E-state index in [0.29, 0.717) is 0 Å². The van der Waals surface area contributed by atoms with Gasteiger partial charge in [-0.05, 0) is 46.6 Å². The lowest BCUT2D eigenvalue weighted by Crippen LogP contribution is -1.95. The number of carbonyl (C=O) groups excluding carboxylic acids is 1. The van der Waals surface area contributed by atoms with E-state index in [1.807, 2.05) is 6.08 Å². The van der Waals surface area contributed by atoms with Crippen LogP contribution in [-0.2, 0) is 9.53 Å². The first-order chi connectivity index (χ1) is 7.38. The second-order valence-electron chi connectivity index (χ2n) is 4.34. The molecule has 0 aliphatic rings. The van der Waals surface area contributed by atoms with E-state index in [9.17, 15) is 4.79 Å². The van der Waals surface area contributed by atoms with Gasteiger partial charge in [0.15, 0.2) is 0 Å². The molecule has 0 fully saturated rings. The molecule has 16 heavy (non-hydrogen) atoms. The topological polar surface area (TPSA) is 26.3 Å². The Kier molecular flexibility index (Phi) is 6.47. The van der Waals surface area contributed by atoms with Gasteiger partial charge in [-0.1, -0.05) is 22.8 Å². The Bertz CT molecular complexity index is 336. The molecule has 0 aliphatic heterocycles. The third kappa shape index (κ3) is 5.54. The Hall–Kier alpha value is -1.31. The van der Waals surface area contributed by atoms with E-state index >= 15 is 0 Å². The van der Waals surface area contributed by atoms with E-state index in [-0.39, 0.29) is 5.97 Å². The third-order valence-electron chi connectivity index (χ3n) is 2.57. The lowest BCUT2D eigenvalue weighted by Gasteiger charge is -2.07. The summed E-state index contributed by atoms with van der Waals surface area (Å²) in [5.41, 5.74) is 5.06. The van der Waals surface area contributed by atoms with E-state index in [1.165, 1.54) is 35.5 Å². The monoisotopic (exact) mass is 222 g/mol. The van der Waals surface area contributed by atoms with Crippen LogP contribution >= 0.6 is 0 Å². The van der Waals surface area contributed by atoms with E-state index < -0.39 is 0 Å². The fourth-order valence-corrected chi connectivity index (χ4v) is 1.10. The fraction of sp³-hybridized carbons (Fsp3) is 0.500. The molecule has 90 valence electrons. The number of rotatable bonds is 4. The van der Waals surface area contributed by atoms with Crippen molar-refractivity contribution in [2.75, 3.05) is 7.11 Å². The molecule has 0 atom stereocenters. The normalized spacial score (nSPS) is 10.1. The van der Waals surface area contributed by atoms with Gasteiger partial charge in [-0.15, -0.1) is 0 Å². The standard InChI is InChI=1S/C14H22O2/c1-10(2)12(5)9-13(11(3)4)7-8-14(15)16-6/h7-8H,9H2,1-6H3/b8-7+. The molecule has 0 aliphatic carbocycles. The largest absolute Gasteiger partial charge is 0.466 e. The van der Waals surface area contributed by atoms with Crippen molar-refractivity contribution >= 4 is 5.97 Å². The maximum absolute atomic E-state index is 11.0. The van der Waals surface area contributed by atoms with Gasteiger partial charge < -0.3 is 4.74 Å². The average Bonchev–Trinajstić information content (AvgIpc) is 2.22. The van der Waals surface area contributed by atoms with Crippen molar-refractivity contribution in [2.45, 2.75) is 41.0 Å². The van der Waals surface area contributed by atoms with Crippen molar-refractivity contribution in [2.24, 2.45) is 0 Å². The number of ether oxygens (including phenoxy) is 1. The highest BCUT2D eigenvalue weighted by Crippen LogP contribution is 2.18. The van der Waals surface area contributed by atoms with E-state index in [4.69, 9.17) is 0 Å². The van der Waals surface area contributed by atoms with Crippen LogP contribution < -0.4 is 0 Å². The second kappa shape index (κ2) is 7.04. The molecule has 0 saturated heterocycles. The van der Waals surface area contributed by atoms with Crippen molar-refractivity contribution < 1.29 is 9.53 Å². The molecule has 0 aromatic heterocycles. The second-order valence-corrected chi connectivity index (χ2v) is 4.34. The molecule has 0 heterocycles. The number of hydrogen-bond donors (Lipinski definition) is 0. The van der Waals surface area contributed by atoms with Crippen LogP contribution in [0.5, 0.6) is 0 Å². The summed E-state index contributed by atoms with van der Waals surface area (Å²) >= 11 is 0. The van der Waals surface area contributed by atoms with Gasteiger partial charge in [-0.3, -0.25) is 0 Å². The number of methoxy groups -OCH3 is 1. The summed E-state index contributed by atoms with van der Waals surface area (Å²) in [4.78, 5) is 11.0. The minimum Gasteiger partial charge on any atom is -0.466 e. The molecule has 0 unspecified atom stereocenters. The minimum atomic E-state index is -0.311. The average molecular weight is 222 g/mol. The first-order valence-corrected chi connectivity index (χ1v) is 5.43. The molecule has 0 rings (SSSR count). The van der Waals surface area contributed by atoms with Crippen molar-refractivity contribution in [1.82, 2.24) is 0 Å². The Morgan fingerprint density at radius 2 is 1.56 bits per heavy atom. The summed E-state index contributed by atoms with van der Waals surface area (Å²) in [6.07, 6.45) is 4.20. The van der Waals surface area contributed by atoms with Gasteiger partial charge in [-0.25, -0.2) is 4.79 Å². The molecule has 0 aromatic rings. The zero-order valence-corrected chi connectivity index (χ0v) is 11.2. The molecule has 0 radical (unpaired) electrons. The van der Waals surface area contributed by atoms with Crippen LogP contribution in [0.3, 0.4) is 0 Å². The Morgan fingerprint density at radius 3 is 1.94 bits per heavy atom. The molecule has 0 aromatic carbocycles. The molecule has 2 nitrogen and oxygen atoms in total. The van der Waals surface area contributed by atoms with Crippen molar-refractivity contribution in [3.8, 4) is 0 Å². The summed E-state index contributed by atoms with van der Waals surface area (Å²) in [7, 11) is 1.39. The fourth-order valence-electron chi connectivity index (χ4n) is 1.10. The number of allylic oxidation sites excluding steroid dienone is 5. The zero-order valence-electron chi connectivity index (χ0n) is 11.2. The maximum atomic E-state index is 11.0. The van der Waals surface area contributed by atoms with Crippen LogP contribution in [0.15, 0.2) is 34.4 Å². The smallest absolute Gasteiger partial charge is 0.330 e. The van der Waals surface area contributed by atoms with E-state index in [0.717, 1.165) is 6.42 Å². The zero-order chi connectivity index (χ0) is 12.7.